The van der Waals surface area contributed by atoms with Gasteiger partial charge in [-0.3, -0.25) is 4.79 Å². The van der Waals surface area contributed by atoms with Gasteiger partial charge < -0.3 is 25.0 Å². The first-order chi connectivity index (χ1) is 16.6. The number of aliphatic hydroxyl groups is 2. The summed E-state index contributed by atoms with van der Waals surface area (Å²) < 4.78 is 9.58. The molecular formula is C27H45NO6. The average Bonchev–Trinajstić information content (AvgIpc) is 2.86. The van der Waals surface area contributed by atoms with Gasteiger partial charge in [-0.2, -0.15) is 0 Å². The molecular weight excluding hydrogens is 434 g/mol. The number of hydrogen-bond acceptors (Lipinski definition) is 7. The van der Waals surface area contributed by atoms with E-state index in [9.17, 15) is 14.7 Å². The van der Waals surface area contributed by atoms with E-state index in [1.165, 1.54) is 71.3 Å². The summed E-state index contributed by atoms with van der Waals surface area (Å²) in [7, 11) is 1.45. The molecule has 0 aliphatic rings. The fourth-order valence-electron chi connectivity index (χ4n) is 3.71. The van der Waals surface area contributed by atoms with Crippen LogP contribution in [0.4, 0.5) is 5.69 Å². The van der Waals surface area contributed by atoms with Crippen molar-refractivity contribution in [1.82, 2.24) is 0 Å². The number of nitrogens with one attached hydrogen (secondary N) is 1. The number of ether oxygens (including phenoxy) is 2. The lowest BCUT2D eigenvalue weighted by Gasteiger charge is -2.10. The van der Waals surface area contributed by atoms with Crippen LogP contribution < -0.4 is 5.32 Å². The zero-order valence-electron chi connectivity index (χ0n) is 20.9. The second-order valence-electron chi connectivity index (χ2n) is 8.86. The van der Waals surface area contributed by atoms with Gasteiger partial charge in [-0.25, -0.2) is 4.79 Å². The smallest absolute Gasteiger partial charge is 0.338 e. The molecule has 0 saturated heterocycles. The van der Waals surface area contributed by atoms with Gasteiger partial charge in [0.2, 0.25) is 0 Å². The second kappa shape index (κ2) is 20.3. The number of benzene rings is 1. The third kappa shape index (κ3) is 15.7. The Kier molecular flexibility index (Phi) is 17.8. The Bertz CT molecular complexity index is 649. The van der Waals surface area contributed by atoms with Gasteiger partial charge in [-0.1, -0.05) is 70.6 Å². The molecule has 0 aliphatic heterocycles. The molecule has 3 N–H and O–H groups in total. The monoisotopic (exact) mass is 479 g/mol. The standard InChI is InChI=1S/C27H45NO6/c1-33-26(31)15-13-11-9-7-5-3-2-4-6-8-10-12-14-20-28-24-18-16-23(17-19-24)27(32)34-22-25(30)21-29/h16-19,25,28-30H,2-15,20-22H2,1H3. The summed E-state index contributed by atoms with van der Waals surface area (Å²) in [4.78, 5) is 22.9. The summed E-state index contributed by atoms with van der Waals surface area (Å²) in [5, 5.41) is 21.3. The SMILES string of the molecule is COC(=O)CCCCCCCCCCCCCCCNc1ccc(C(=O)OCC(O)CO)cc1. The summed E-state index contributed by atoms with van der Waals surface area (Å²) in [6.45, 7) is 0.265. The lowest BCUT2D eigenvalue weighted by atomic mass is 10.0. The normalized spacial score (nSPS) is 11.7. The number of carbonyl (C=O) groups excluding carboxylic acids is 2. The Morgan fingerprint density at radius 2 is 1.32 bits per heavy atom. The van der Waals surface area contributed by atoms with Gasteiger partial charge in [0.1, 0.15) is 12.7 Å². The Morgan fingerprint density at radius 1 is 0.824 bits per heavy atom. The van der Waals surface area contributed by atoms with Crippen LogP contribution in [-0.2, 0) is 14.3 Å². The summed E-state index contributed by atoms with van der Waals surface area (Å²) in [5.41, 5.74) is 1.39. The Labute approximate surface area is 205 Å². The minimum atomic E-state index is -1.04. The Balaban J connectivity index is 1.90. The van der Waals surface area contributed by atoms with Gasteiger partial charge in [0, 0.05) is 18.7 Å². The van der Waals surface area contributed by atoms with E-state index in [2.05, 4.69) is 10.1 Å². The number of carbonyl (C=O) groups is 2. The lowest BCUT2D eigenvalue weighted by molar-refractivity contribution is -0.140. The molecule has 7 nitrogen and oxygen atoms in total. The first-order valence-corrected chi connectivity index (χ1v) is 12.9. The molecule has 1 unspecified atom stereocenters. The van der Waals surface area contributed by atoms with Gasteiger partial charge >= 0.3 is 11.9 Å². The fraction of sp³-hybridized carbons (Fsp3) is 0.704. The van der Waals surface area contributed by atoms with Crippen molar-refractivity contribution in [3.05, 3.63) is 29.8 Å². The number of unbranched alkanes of at least 4 members (excludes halogenated alkanes) is 12. The first kappa shape index (κ1) is 29.9. The molecule has 0 heterocycles. The number of esters is 2. The maximum absolute atomic E-state index is 11.9. The maximum atomic E-state index is 11.9. The van der Waals surface area contributed by atoms with E-state index in [-0.39, 0.29) is 12.6 Å². The van der Waals surface area contributed by atoms with Crippen LogP contribution in [0.15, 0.2) is 24.3 Å². The summed E-state index contributed by atoms with van der Waals surface area (Å²) >= 11 is 0. The predicted molar refractivity (Wildman–Crippen MR) is 135 cm³/mol. The molecule has 0 bridgehead atoms. The zero-order chi connectivity index (χ0) is 24.9. The van der Waals surface area contributed by atoms with Gasteiger partial charge in [0.15, 0.2) is 0 Å². The van der Waals surface area contributed by atoms with Gasteiger partial charge in [0.25, 0.3) is 0 Å². The van der Waals surface area contributed by atoms with E-state index in [1.807, 2.05) is 12.1 Å². The first-order valence-electron chi connectivity index (χ1n) is 12.9. The summed E-state index contributed by atoms with van der Waals surface area (Å²) in [5.74, 6) is -0.604. The molecule has 0 aliphatic carbocycles. The average molecular weight is 480 g/mol. The third-order valence-electron chi connectivity index (χ3n) is 5.85. The maximum Gasteiger partial charge on any atom is 0.338 e. The highest BCUT2D eigenvalue weighted by Gasteiger charge is 2.10. The lowest BCUT2D eigenvalue weighted by Crippen LogP contribution is -2.21. The number of hydrogen-bond donors (Lipinski definition) is 3. The van der Waals surface area contributed by atoms with Crippen LogP contribution in [0, 0.1) is 0 Å². The predicted octanol–water partition coefficient (Wildman–Crippen LogP) is 5.24. The zero-order valence-corrected chi connectivity index (χ0v) is 20.9. The molecule has 34 heavy (non-hydrogen) atoms. The van der Waals surface area contributed by atoms with E-state index in [0.29, 0.717) is 12.0 Å². The van der Waals surface area contributed by atoms with Crippen molar-refractivity contribution in [3.8, 4) is 0 Å². The van der Waals surface area contributed by atoms with Crippen LogP contribution in [0.2, 0.25) is 0 Å². The molecule has 0 amide bonds. The number of methoxy groups -OCH3 is 1. The van der Waals surface area contributed by atoms with Crippen molar-refractivity contribution in [2.45, 2.75) is 96.0 Å². The van der Waals surface area contributed by atoms with Crippen LogP contribution in [0.25, 0.3) is 0 Å². The van der Waals surface area contributed by atoms with Gasteiger partial charge in [-0.05, 0) is 37.1 Å². The van der Waals surface area contributed by atoms with Crippen molar-refractivity contribution in [2.24, 2.45) is 0 Å². The van der Waals surface area contributed by atoms with Gasteiger partial charge in [-0.15, -0.1) is 0 Å². The van der Waals surface area contributed by atoms with Crippen molar-refractivity contribution in [2.75, 3.05) is 32.2 Å². The number of rotatable bonds is 21. The quantitative estimate of drug-likeness (QED) is 0.163. The molecule has 1 rings (SSSR count). The third-order valence-corrected chi connectivity index (χ3v) is 5.85. The van der Waals surface area contributed by atoms with E-state index >= 15 is 0 Å². The van der Waals surface area contributed by atoms with E-state index in [4.69, 9.17) is 9.84 Å². The Morgan fingerprint density at radius 3 is 1.82 bits per heavy atom. The van der Waals surface area contributed by atoms with E-state index in [1.54, 1.807) is 12.1 Å². The fourth-order valence-corrected chi connectivity index (χ4v) is 3.71. The molecule has 0 aromatic heterocycles. The van der Waals surface area contributed by atoms with Crippen LogP contribution in [0.3, 0.4) is 0 Å². The second-order valence-corrected chi connectivity index (χ2v) is 8.86. The van der Waals surface area contributed by atoms with Crippen molar-refractivity contribution >= 4 is 17.6 Å². The van der Waals surface area contributed by atoms with Crippen molar-refractivity contribution in [1.29, 1.82) is 0 Å². The molecule has 0 spiro atoms. The molecule has 0 saturated carbocycles. The molecule has 1 aromatic rings. The van der Waals surface area contributed by atoms with Crippen molar-refractivity contribution < 1.29 is 29.3 Å². The van der Waals surface area contributed by atoms with Crippen LogP contribution >= 0.6 is 0 Å². The molecule has 194 valence electrons. The topological polar surface area (TPSA) is 105 Å². The van der Waals surface area contributed by atoms with Crippen LogP contribution in [0.5, 0.6) is 0 Å². The minimum absolute atomic E-state index is 0.0959. The van der Waals surface area contributed by atoms with Crippen LogP contribution in [-0.4, -0.2) is 55.1 Å². The number of anilines is 1. The molecule has 1 aromatic carbocycles. The summed E-state index contributed by atoms with van der Waals surface area (Å²) in [6.07, 6.45) is 15.6. The van der Waals surface area contributed by atoms with Crippen molar-refractivity contribution in [3.63, 3.8) is 0 Å². The highest BCUT2D eigenvalue weighted by molar-refractivity contribution is 5.89. The Hall–Kier alpha value is -2.12. The largest absolute Gasteiger partial charge is 0.469 e. The molecule has 0 radical (unpaired) electrons. The molecule has 1 atom stereocenters. The molecule has 0 fully saturated rings. The summed E-state index contributed by atoms with van der Waals surface area (Å²) in [6, 6.07) is 7.09. The minimum Gasteiger partial charge on any atom is -0.469 e. The van der Waals surface area contributed by atoms with Gasteiger partial charge in [0.05, 0.1) is 19.3 Å². The van der Waals surface area contributed by atoms with Crippen LogP contribution in [0.1, 0.15) is 100 Å². The highest BCUT2D eigenvalue weighted by Crippen LogP contribution is 2.14. The number of aliphatic hydroxyl groups excluding tert-OH is 2. The molecule has 7 heteroatoms. The van der Waals surface area contributed by atoms with E-state index in [0.717, 1.165) is 31.5 Å². The van der Waals surface area contributed by atoms with E-state index < -0.39 is 18.7 Å². The highest BCUT2D eigenvalue weighted by atomic mass is 16.5.